The molecule has 2 rings (SSSR count). The van der Waals surface area contributed by atoms with Crippen LogP contribution >= 0.6 is 0 Å². The largest absolute Gasteiger partial charge is 0.481 e. The van der Waals surface area contributed by atoms with Crippen molar-refractivity contribution < 1.29 is 9.90 Å². The minimum absolute atomic E-state index is 0.0937. The molecule has 5 nitrogen and oxygen atoms in total. The maximum Gasteiger partial charge on any atom is 0.307 e. The Hall–Kier alpha value is -1.39. The van der Waals surface area contributed by atoms with Gasteiger partial charge >= 0.3 is 5.97 Å². The molecule has 0 radical (unpaired) electrons. The van der Waals surface area contributed by atoms with E-state index in [1.165, 1.54) is 0 Å². The molecular weight excluding hydrogens is 158 g/mol. The first-order chi connectivity index (χ1) is 5.68. The second-order valence-electron chi connectivity index (χ2n) is 3.10. The molecule has 5 heteroatoms. The smallest absolute Gasteiger partial charge is 0.307 e. The summed E-state index contributed by atoms with van der Waals surface area (Å²) in [5.74, 6) is -0.872. The highest BCUT2D eigenvalue weighted by Crippen LogP contribution is 2.46. The highest BCUT2D eigenvalue weighted by molar-refractivity contribution is 5.74. The Balaban J connectivity index is 2.10. The van der Waals surface area contributed by atoms with Gasteiger partial charge in [0.1, 0.15) is 0 Å². The first-order valence-electron chi connectivity index (χ1n) is 3.77. The molecule has 0 aliphatic heterocycles. The average molecular weight is 167 g/mol. The third-order valence-corrected chi connectivity index (χ3v) is 2.11. The molecular formula is C7H9N3O2. The second kappa shape index (κ2) is 2.30. The van der Waals surface area contributed by atoms with Crippen LogP contribution in [0.1, 0.15) is 18.0 Å². The van der Waals surface area contributed by atoms with Crippen molar-refractivity contribution in [2.24, 2.45) is 13.0 Å². The molecule has 1 fully saturated rings. The van der Waals surface area contributed by atoms with Gasteiger partial charge < -0.3 is 5.11 Å². The minimum atomic E-state index is -0.731. The Kier molecular flexibility index (Phi) is 1.39. The number of aliphatic carboxylic acids is 1. The molecule has 0 aromatic carbocycles. The molecule has 0 bridgehead atoms. The fourth-order valence-corrected chi connectivity index (χ4v) is 1.33. The minimum Gasteiger partial charge on any atom is -0.481 e. The van der Waals surface area contributed by atoms with E-state index in [1.54, 1.807) is 17.9 Å². The van der Waals surface area contributed by atoms with Crippen LogP contribution in [0.2, 0.25) is 0 Å². The summed E-state index contributed by atoms with van der Waals surface area (Å²) in [6.45, 7) is 0. The lowest BCUT2D eigenvalue weighted by molar-refractivity contribution is -0.138. The van der Waals surface area contributed by atoms with Crippen LogP contribution in [-0.2, 0) is 11.8 Å². The number of carboxylic acid groups (broad SMARTS) is 1. The third-order valence-electron chi connectivity index (χ3n) is 2.11. The number of aryl methyl sites for hydroxylation is 1. The number of hydrogen-bond acceptors (Lipinski definition) is 3. The number of carbonyl (C=O) groups is 1. The van der Waals surface area contributed by atoms with E-state index >= 15 is 0 Å². The molecule has 1 aromatic rings. The zero-order valence-corrected chi connectivity index (χ0v) is 6.64. The van der Waals surface area contributed by atoms with E-state index in [-0.39, 0.29) is 11.8 Å². The van der Waals surface area contributed by atoms with E-state index in [1.807, 2.05) is 0 Å². The molecule has 1 N–H and O–H groups in total. The maximum atomic E-state index is 10.5. The van der Waals surface area contributed by atoms with Crippen molar-refractivity contribution in [1.82, 2.24) is 15.0 Å². The lowest BCUT2D eigenvalue weighted by Gasteiger charge is -1.87. The molecule has 2 atom stereocenters. The SMILES string of the molecule is Cn1cc(C2CC2C(=O)O)nn1. The molecule has 1 saturated carbocycles. The summed E-state index contributed by atoms with van der Waals surface area (Å²) in [6.07, 6.45) is 2.47. The summed E-state index contributed by atoms with van der Waals surface area (Å²) in [5, 5.41) is 16.2. The molecule has 1 heterocycles. The van der Waals surface area contributed by atoms with Crippen LogP contribution in [0.4, 0.5) is 0 Å². The van der Waals surface area contributed by atoms with E-state index in [0.717, 1.165) is 5.69 Å². The van der Waals surface area contributed by atoms with Crippen molar-refractivity contribution in [2.45, 2.75) is 12.3 Å². The van der Waals surface area contributed by atoms with Crippen LogP contribution in [0.15, 0.2) is 6.20 Å². The highest BCUT2D eigenvalue weighted by Gasteiger charge is 2.45. The van der Waals surface area contributed by atoms with Gasteiger partial charge in [0.2, 0.25) is 0 Å². The fourth-order valence-electron chi connectivity index (χ4n) is 1.33. The van der Waals surface area contributed by atoms with Crippen LogP contribution in [0, 0.1) is 5.92 Å². The monoisotopic (exact) mass is 167 g/mol. The summed E-state index contributed by atoms with van der Waals surface area (Å²) >= 11 is 0. The topological polar surface area (TPSA) is 68.0 Å². The second-order valence-corrected chi connectivity index (χ2v) is 3.10. The van der Waals surface area contributed by atoms with Crippen molar-refractivity contribution in [1.29, 1.82) is 0 Å². The third kappa shape index (κ3) is 1.07. The van der Waals surface area contributed by atoms with Gasteiger partial charge in [0.25, 0.3) is 0 Å². The van der Waals surface area contributed by atoms with E-state index in [0.29, 0.717) is 6.42 Å². The Morgan fingerprint density at radius 2 is 2.58 bits per heavy atom. The van der Waals surface area contributed by atoms with Crippen molar-refractivity contribution in [3.05, 3.63) is 11.9 Å². The first kappa shape index (κ1) is 7.27. The van der Waals surface area contributed by atoms with E-state index in [9.17, 15) is 4.79 Å². The lowest BCUT2D eigenvalue weighted by atomic mass is 10.2. The van der Waals surface area contributed by atoms with Gasteiger partial charge in [0.15, 0.2) is 0 Å². The lowest BCUT2D eigenvalue weighted by Crippen LogP contribution is -1.98. The van der Waals surface area contributed by atoms with Gasteiger partial charge in [0.05, 0.1) is 11.6 Å². The first-order valence-corrected chi connectivity index (χ1v) is 3.77. The van der Waals surface area contributed by atoms with Crippen molar-refractivity contribution in [3.63, 3.8) is 0 Å². The quantitative estimate of drug-likeness (QED) is 0.673. The molecule has 64 valence electrons. The number of aromatic nitrogens is 3. The van der Waals surface area contributed by atoms with Gasteiger partial charge in [-0.2, -0.15) is 0 Å². The van der Waals surface area contributed by atoms with Gasteiger partial charge in [-0.15, -0.1) is 5.10 Å². The summed E-state index contributed by atoms with van der Waals surface area (Å²) in [5.41, 5.74) is 0.796. The van der Waals surface area contributed by atoms with Gasteiger partial charge in [-0.1, -0.05) is 5.21 Å². The predicted molar refractivity (Wildman–Crippen MR) is 39.5 cm³/mol. The zero-order valence-electron chi connectivity index (χ0n) is 6.64. The molecule has 1 aliphatic carbocycles. The average Bonchev–Trinajstić information content (AvgIpc) is 2.70. The number of rotatable bonds is 2. The molecule has 1 aromatic heterocycles. The highest BCUT2D eigenvalue weighted by atomic mass is 16.4. The predicted octanol–water partition coefficient (Wildman–Crippen LogP) is 0.00320. The Morgan fingerprint density at radius 3 is 3.00 bits per heavy atom. The number of nitrogens with zero attached hydrogens (tertiary/aromatic N) is 3. The Bertz CT molecular complexity index is 320. The van der Waals surface area contributed by atoms with Crippen molar-refractivity contribution >= 4 is 5.97 Å². The Labute approximate surface area is 69.0 Å². The summed E-state index contributed by atoms with van der Waals surface area (Å²) in [4.78, 5) is 10.5. The Morgan fingerprint density at radius 1 is 1.83 bits per heavy atom. The maximum absolute atomic E-state index is 10.5. The van der Waals surface area contributed by atoms with Crippen LogP contribution in [0.25, 0.3) is 0 Å². The van der Waals surface area contributed by atoms with Gasteiger partial charge in [-0.05, 0) is 6.42 Å². The van der Waals surface area contributed by atoms with E-state index in [2.05, 4.69) is 10.3 Å². The normalized spacial score (nSPS) is 27.1. The molecule has 0 amide bonds. The number of carboxylic acids is 1. The van der Waals surface area contributed by atoms with Crippen LogP contribution in [0.5, 0.6) is 0 Å². The summed E-state index contributed by atoms with van der Waals surface area (Å²) in [7, 11) is 1.77. The molecule has 0 spiro atoms. The van der Waals surface area contributed by atoms with Crippen molar-refractivity contribution in [3.8, 4) is 0 Å². The standard InChI is InChI=1S/C7H9N3O2/c1-10-3-6(8-9-10)4-2-5(4)7(11)12/h3-5H,2H2,1H3,(H,11,12). The molecule has 1 aliphatic rings. The molecule has 12 heavy (non-hydrogen) atoms. The van der Waals surface area contributed by atoms with E-state index in [4.69, 9.17) is 5.11 Å². The van der Waals surface area contributed by atoms with Crippen molar-refractivity contribution in [2.75, 3.05) is 0 Å². The molecule has 2 unspecified atom stereocenters. The summed E-state index contributed by atoms with van der Waals surface area (Å²) in [6, 6.07) is 0. The zero-order chi connectivity index (χ0) is 8.72. The number of hydrogen-bond donors (Lipinski definition) is 1. The summed E-state index contributed by atoms with van der Waals surface area (Å²) < 4.78 is 1.59. The molecule has 0 saturated heterocycles. The van der Waals surface area contributed by atoms with Gasteiger partial charge in [-0.25, -0.2) is 0 Å². The van der Waals surface area contributed by atoms with Crippen LogP contribution < -0.4 is 0 Å². The fraction of sp³-hybridized carbons (Fsp3) is 0.571. The van der Waals surface area contributed by atoms with Gasteiger partial charge in [-0.3, -0.25) is 9.48 Å². The van der Waals surface area contributed by atoms with Gasteiger partial charge in [0, 0.05) is 19.2 Å². The van der Waals surface area contributed by atoms with Crippen LogP contribution in [-0.4, -0.2) is 26.1 Å². The van der Waals surface area contributed by atoms with Crippen LogP contribution in [0.3, 0.4) is 0 Å². The van der Waals surface area contributed by atoms with E-state index < -0.39 is 5.97 Å².